The molecular weight excluding hydrogens is 312 g/mol. The molecule has 1 aliphatic rings. The van der Waals surface area contributed by atoms with Gasteiger partial charge in [0.05, 0.1) is 4.92 Å². The third-order valence-electron chi connectivity index (χ3n) is 3.59. The largest absolute Gasteiger partial charge is 0.469 e. The first-order valence-corrected chi connectivity index (χ1v) is 7.36. The van der Waals surface area contributed by atoms with Crippen LogP contribution in [0.3, 0.4) is 0 Å². The highest BCUT2D eigenvalue weighted by Crippen LogP contribution is 2.33. The van der Waals surface area contributed by atoms with Gasteiger partial charge in [0, 0.05) is 16.7 Å². The van der Waals surface area contributed by atoms with E-state index in [-0.39, 0.29) is 17.7 Å². The third-order valence-corrected chi connectivity index (χ3v) is 4.02. The Kier molecular flexibility index (Phi) is 4.74. The van der Waals surface area contributed by atoms with Crippen molar-refractivity contribution in [1.82, 2.24) is 4.98 Å². The second-order valence-electron chi connectivity index (χ2n) is 4.92. The third kappa shape index (κ3) is 3.65. The highest BCUT2D eigenvalue weighted by molar-refractivity contribution is 9.10. The van der Waals surface area contributed by atoms with Crippen molar-refractivity contribution < 1.29 is 9.66 Å². The maximum atomic E-state index is 11.0. The lowest BCUT2D eigenvalue weighted by Gasteiger charge is -2.28. The maximum absolute atomic E-state index is 11.0. The minimum Gasteiger partial charge on any atom is -0.469 e. The molecule has 1 saturated carbocycles. The molecule has 0 aromatic carbocycles. The number of ether oxygens (including phenoxy) is 1. The summed E-state index contributed by atoms with van der Waals surface area (Å²) in [5.41, 5.74) is -0.0759. The summed E-state index contributed by atoms with van der Waals surface area (Å²) in [4.78, 5) is 14.6. The molecule has 19 heavy (non-hydrogen) atoms. The van der Waals surface area contributed by atoms with Crippen molar-refractivity contribution in [2.45, 2.75) is 45.1 Å². The van der Waals surface area contributed by atoms with Crippen LogP contribution in [0.1, 0.15) is 39.0 Å². The van der Waals surface area contributed by atoms with Crippen LogP contribution in [0.5, 0.6) is 5.88 Å². The van der Waals surface area contributed by atoms with Gasteiger partial charge in [0.1, 0.15) is 6.10 Å². The molecule has 0 amide bonds. The summed E-state index contributed by atoms with van der Waals surface area (Å²) < 4.78 is 6.35. The fraction of sp³-hybridized carbons (Fsp3) is 0.615. The van der Waals surface area contributed by atoms with Gasteiger partial charge in [-0.1, -0.05) is 19.8 Å². The molecule has 0 bridgehead atoms. The van der Waals surface area contributed by atoms with Crippen molar-refractivity contribution in [3.8, 4) is 5.88 Å². The minimum atomic E-state index is -0.451. The van der Waals surface area contributed by atoms with Crippen molar-refractivity contribution in [3.05, 3.63) is 26.9 Å². The molecule has 2 atom stereocenters. The van der Waals surface area contributed by atoms with E-state index in [2.05, 4.69) is 27.8 Å². The molecule has 0 aliphatic heterocycles. The second kappa shape index (κ2) is 6.32. The highest BCUT2D eigenvalue weighted by Gasteiger charge is 2.26. The van der Waals surface area contributed by atoms with Gasteiger partial charge in [-0.15, -0.1) is 0 Å². The van der Waals surface area contributed by atoms with Crippen LogP contribution < -0.4 is 4.74 Å². The summed E-state index contributed by atoms with van der Waals surface area (Å²) in [6.07, 6.45) is 6.97. The molecule has 1 aromatic heterocycles. The molecule has 2 unspecified atom stereocenters. The Balaban J connectivity index is 2.12. The monoisotopic (exact) mass is 328 g/mol. The summed E-state index contributed by atoms with van der Waals surface area (Å²) in [5, 5.41) is 11.0. The van der Waals surface area contributed by atoms with Crippen LogP contribution in [-0.4, -0.2) is 16.0 Å². The average molecular weight is 329 g/mol. The summed E-state index contributed by atoms with van der Waals surface area (Å²) in [7, 11) is 0. The van der Waals surface area contributed by atoms with Gasteiger partial charge in [-0.25, -0.2) is 4.98 Å². The Morgan fingerprint density at radius 1 is 1.58 bits per heavy atom. The van der Waals surface area contributed by atoms with Gasteiger partial charge >= 0.3 is 5.69 Å². The van der Waals surface area contributed by atoms with Crippen LogP contribution in [0.2, 0.25) is 0 Å². The van der Waals surface area contributed by atoms with Gasteiger partial charge in [0.25, 0.3) is 5.88 Å². The lowest BCUT2D eigenvalue weighted by atomic mass is 9.85. The Bertz CT molecular complexity index is 467. The molecule has 5 nitrogen and oxygen atoms in total. The summed E-state index contributed by atoms with van der Waals surface area (Å²) in [5.74, 6) is 0.795. The molecule has 1 aromatic rings. The minimum absolute atomic E-state index is 0.0473. The SMILES string of the molecule is CCC1CCCC(Oc2ncc(Br)cc2[N+](=O)[O-])C1. The molecule has 0 spiro atoms. The fourth-order valence-electron chi connectivity index (χ4n) is 2.52. The van der Waals surface area contributed by atoms with Crippen LogP contribution in [0.25, 0.3) is 0 Å². The van der Waals surface area contributed by atoms with E-state index in [9.17, 15) is 10.1 Å². The van der Waals surface area contributed by atoms with Crippen molar-refractivity contribution >= 4 is 21.6 Å². The Hall–Kier alpha value is -1.17. The number of halogens is 1. The number of hydrogen-bond donors (Lipinski definition) is 0. The second-order valence-corrected chi connectivity index (χ2v) is 5.83. The van der Waals surface area contributed by atoms with E-state index in [4.69, 9.17) is 4.74 Å². The lowest BCUT2D eigenvalue weighted by Crippen LogP contribution is -2.25. The van der Waals surface area contributed by atoms with Gasteiger partial charge in [-0.05, 0) is 41.1 Å². The van der Waals surface area contributed by atoms with Crippen LogP contribution in [0.15, 0.2) is 16.7 Å². The summed E-state index contributed by atoms with van der Waals surface area (Å²) in [6, 6.07) is 1.43. The van der Waals surface area contributed by atoms with Crippen molar-refractivity contribution in [2.75, 3.05) is 0 Å². The van der Waals surface area contributed by atoms with E-state index in [1.807, 2.05) is 0 Å². The Morgan fingerprint density at radius 3 is 3.05 bits per heavy atom. The molecular formula is C13H17BrN2O3. The van der Waals surface area contributed by atoms with Gasteiger partial charge in [-0.3, -0.25) is 10.1 Å². The van der Waals surface area contributed by atoms with Crippen molar-refractivity contribution in [1.29, 1.82) is 0 Å². The quantitative estimate of drug-likeness (QED) is 0.616. The molecule has 1 aliphatic carbocycles. The van der Waals surface area contributed by atoms with Crippen molar-refractivity contribution in [3.63, 3.8) is 0 Å². The van der Waals surface area contributed by atoms with E-state index in [1.165, 1.54) is 18.7 Å². The first-order chi connectivity index (χ1) is 9.10. The molecule has 0 N–H and O–H groups in total. The highest BCUT2D eigenvalue weighted by atomic mass is 79.9. The number of nitro groups is 1. The molecule has 0 radical (unpaired) electrons. The summed E-state index contributed by atoms with van der Waals surface area (Å²) in [6.45, 7) is 2.17. The normalized spacial score (nSPS) is 23.1. The molecule has 104 valence electrons. The number of rotatable bonds is 4. The molecule has 6 heteroatoms. The molecule has 0 saturated heterocycles. The number of pyridine rings is 1. The predicted molar refractivity (Wildman–Crippen MR) is 75.3 cm³/mol. The van der Waals surface area contributed by atoms with Crippen LogP contribution in [0, 0.1) is 16.0 Å². The predicted octanol–water partition coefficient (Wildman–Crippen LogP) is 4.10. The van der Waals surface area contributed by atoms with E-state index < -0.39 is 4.92 Å². The molecule has 1 heterocycles. The topological polar surface area (TPSA) is 65.3 Å². The maximum Gasteiger partial charge on any atom is 0.332 e. The summed E-state index contributed by atoms with van der Waals surface area (Å²) >= 11 is 3.19. The lowest BCUT2D eigenvalue weighted by molar-refractivity contribution is -0.386. The molecule has 2 rings (SSSR count). The van der Waals surface area contributed by atoms with Gasteiger partial charge in [-0.2, -0.15) is 0 Å². The van der Waals surface area contributed by atoms with Gasteiger partial charge < -0.3 is 4.74 Å². The standard InChI is InChI=1S/C13H17BrN2O3/c1-2-9-4-3-5-11(6-9)19-13-12(16(17)18)7-10(14)8-15-13/h7-9,11H,2-6H2,1H3. The van der Waals surface area contributed by atoms with Gasteiger partial charge in [0.15, 0.2) is 0 Å². The van der Waals surface area contributed by atoms with E-state index in [0.717, 1.165) is 25.7 Å². The van der Waals surface area contributed by atoms with E-state index in [1.54, 1.807) is 0 Å². The van der Waals surface area contributed by atoms with Crippen molar-refractivity contribution in [2.24, 2.45) is 5.92 Å². The smallest absolute Gasteiger partial charge is 0.332 e. The average Bonchev–Trinajstić information content (AvgIpc) is 2.41. The number of nitrogens with zero attached hydrogens (tertiary/aromatic N) is 2. The Morgan fingerprint density at radius 2 is 2.37 bits per heavy atom. The first kappa shape index (κ1) is 14.2. The van der Waals surface area contributed by atoms with Crippen LogP contribution >= 0.6 is 15.9 Å². The fourth-order valence-corrected chi connectivity index (χ4v) is 2.83. The number of aromatic nitrogens is 1. The Labute approximate surface area is 120 Å². The van der Waals surface area contributed by atoms with Crippen LogP contribution in [0.4, 0.5) is 5.69 Å². The van der Waals surface area contributed by atoms with E-state index in [0.29, 0.717) is 10.4 Å². The zero-order chi connectivity index (χ0) is 13.8. The zero-order valence-electron chi connectivity index (χ0n) is 10.8. The van der Waals surface area contributed by atoms with Gasteiger partial charge in [0.2, 0.25) is 0 Å². The molecule has 1 fully saturated rings. The first-order valence-electron chi connectivity index (χ1n) is 6.56. The zero-order valence-corrected chi connectivity index (χ0v) is 12.4. The van der Waals surface area contributed by atoms with E-state index >= 15 is 0 Å². The number of hydrogen-bond acceptors (Lipinski definition) is 4. The van der Waals surface area contributed by atoms with Crippen LogP contribution in [-0.2, 0) is 0 Å².